The van der Waals surface area contributed by atoms with E-state index >= 15 is 0 Å². The van der Waals surface area contributed by atoms with Crippen molar-refractivity contribution in [1.82, 2.24) is 9.97 Å². The molecule has 0 unspecified atom stereocenters. The molecule has 3 aromatic rings. The molecule has 0 spiro atoms. The first kappa shape index (κ1) is 21.6. The molecule has 0 fully saturated rings. The molecule has 0 bridgehead atoms. The second-order valence-electron chi connectivity index (χ2n) is 6.31. The van der Waals surface area contributed by atoms with E-state index in [0.717, 1.165) is 18.6 Å². The first-order valence-corrected chi connectivity index (χ1v) is 9.94. The first-order chi connectivity index (χ1) is 14.5. The highest BCUT2D eigenvalue weighted by atomic mass is 35.5. The molecule has 10 heteroatoms. The Kier molecular flexibility index (Phi) is 7.26. The van der Waals surface area contributed by atoms with Gasteiger partial charge in [-0.2, -0.15) is 0 Å². The summed E-state index contributed by atoms with van der Waals surface area (Å²) in [6, 6.07) is 11.8. The molecule has 0 aliphatic rings. The maximum Gasteiger partial charge on any atom is 0.353 e. The number of benzene rings is 2. The molecule has 156 valence electrons. The quantitative estimate of drug-likeness (QED) is 0.223. The van der Waals surface area contributed by atoms with E-state index in [1.54, 1.807) is 42.5 Å². The summed E-state index contributed by atoms with van der Waals surface area (Å²) in [4.78, 5) is 19.2. The smallest absolute Gasteiger partial charge is 0.353 e. The van der Waals surface area contributed by atoms with Crippen molar-refractivity contribution in [3.8, 4) is 5.75 Å². The van der Waals surface area contributed by atoms with Crippen molar-refractivity contribution in [1.29, 1.82) is 0 Å². The molecule has 0 amide bonds. The van der Waals surface area contributed by atoms with Gasteiger partial charge in [0.05, 0.1) is 11.5 Å². The predicted octanol–water partition coefficient (Wildman–Crippen LogP) is 6.36. The summed E-state index contributed by atoms with van der Waals surface area (Å²) in [5, 5.41) is 18.3. The van der Waals surface area contributed by atoms with Gasteiger partial charge < -0.3 is 15.4 Å². The number of hydrogen-bond donors (Lipinski definition) is 2. The molecule has 2 aromatic carbocycles. The van der Waals surface area contributed by atoms with Crippen molar-refractivity contribution in [3.05, 3.63) is 69.0 Å². The van der Waals surface area contributed by atoms with Crippen molar-refractivity contribution in [2.45, 2.75) is 19.8 Å². The largest absolute Gasteiger partial charge is 0.494 e. The third-order valence-corrected chi connectivity index (χ3v) is 4.45. The van der Waals surface area contributed by atoms with Gasteiger partial charge in [0.1, 0.15) is 12.1 Å². The predicted molar refractivity (Wildman–Crippen MR) is 119 cm³/mol. The standard InChI is InChI=1S/C20H19Cl2N5O3/c1-2-3-8-30-17-6-4-15(5-7-17)25-19-18(27(28)29)20(24-12-23-19)26-16-10-13(21)9-14(22)11-16/h4-7,9-12H,2-3,8H2,1H3,(H2,23,24,25,26). The van der Waals surface area contributed by atoms with Gasteiger partial charge in [-0.05, 0) is 48.9 Å². The summed E-state index contributed by atoms with van der Waals surface area (Å²) in [5.74, 6) is 0.784. The van der Waals surface area contributed by atoms with Crippen molar-refractivity contribution in [2.75, 3.05) is 17.2 Å². The Morgan fingerprint density at radius 3 is 2.17 bits per heavy atom. The second kappa shape index (κ2) is 10.1. The third kappa shape index (κ3) is 5.71. The number of anilines is 4. The van der Waals surface area contributed by atoms with Gasteiger partial charge in [-0.3, -0.25) is 10.1 Å². The summed E-state index contributed by atoms with van der Waals surface area (Å²) in [6.45, 7) is 2.73. The van der Waals surface area contributed by atoms with E-state index < -0.39 is 4.92 Å². The highest BCUT2D eigenvalue weighted by Gasteiger charge is 2.23. The second-order valence-corrected chi connectivity index (χ2v) is 7.18. The first-order valence-electron chi connectivity index (χ1n) is 9.18. The van der Waals surface area contributed by atoms with Crippen molar-refractivity contribution < 1.29 is 9.66 Å². The van der Waals surface area contributed by atoms with Crippen LogP contribution in [0.3, 0.4) is 0 Å². The highest BCUT2D eigenvalue weighted by Crippen LogP contribution is 2.34. The van der Waals surface area contributed by atoms with Gasteiger partial charge in [-0.15, -0.1) is 0 Å². The van der Waals surface area contributed by atoms with Crippen molar-refractivity contribution in [2.24, 2.45) is 0 Å². The molecule has 30 heavy (non-hydrogen) atoms. The van der Waals surface area contributed by atoms with Crippen LogP contribution in [0.2, 0.25) is 10.0 Å². The lowest BCUT2D eigenvalue weighted by Gasteiger charge is -2.11. The molecule has 1 aromatic heterocycles. The molecule has 1 heterocycles. The number of aromatic nitrogens is 2. The SMILES string of the molecule is CCCCOc1ccc(Nc2ncnc(Nc3cc(Cl)cc(Cl)c3)c2[N+](=O)[O-])cc1. The Morgan fingerprint density at radius 1 is 1.00 bits per heavy atom. The van der Waals surface area contributed by atoms with Crippen molar-refractivity contribution >= 4 is 51.9 Å². The van der Waals surface area contributed by atoms with Gasteiger partial charge in [0.25, 0.3) is 0 Å². The summed E-state index contributed by atoms with van der Waals surface area (Å²) >= 11 is 12.0. The molecular formula is C20H19Cl2N5O3. The number of ether oxygens (including phenoxy) is 1. The van der Waals surface area contributed by atoms with Crippen LogP contribution >= 0.6 is 23.2 Å². The molecule has 3 rings (SSSR count). The van der Waals surface area contributed by atoms with Crippen molar-refractivity contribution in [3.63, 3.8) is 0 Å². The lowest BCUT2D eigenvalue weighted by Crippen LogP contribution is -2.05. The fourth-order valence-electron chi connectivity index (χ4n) is 2.60. The summed E-state index contributed by atoms with van der Waals surface area (Å²) < 4.78 is 5.63. The normalized spacial score (nSPS) is 10.5. The Hall–Kier alpha value is -3.10. The molecule has 0 atom stereocenters. The van der Waals surface area contributed by atoms with Crippen LogP contribution in [-0.4, -0.2) is 21.5 Å². The maximum absolute atomic E-state index is 11.7. The van der Waals surface area contributed by atoms with Crippen LogP contribution in [0.5, 0.6) is 5.75 Å². The lowest BCUT2D eigenvalue weighted by molar-refractivity contribution is -0.383. The lowest BCUT2D eigenvalue weighted by atomic mass is 10.3. The van der Waals surface area contributed by atoms with E-state index in [4.69, 9.17) is 27.9 Å². The van der Waals surface area contributed by atoms with E-state index in [9.17, 15) is 10.1 Å². The fraction of sp³-hybridized carbons (Fsp3) is 0.200. The van der Waals surface area contributed by atoms with Crippen LogP contribution < -0.4 is 15.4 Å². The van der Waals surface area contributed by atoms with Gasteiger partial charge in [0.2, 0.25) is 11.6 Å². The number of unbranched alkanes of at least 4 members (excludes halogenated alkanes) is 1. The molecule has 0 saturated carbocycles. The van der Waals surface area contributed by atoms with E-state index in [1.807, 2.05) is 0 Å². The van der Waals surface area contributed by atoms with Crippen LogP contribution in [0.1, 0.15) is 19.8 Å². The minimum atomic E-state index is -0.556. The van der Waals surface area contributed by atoms with Crippen LogP contribution in [0.15, 0.2) is 48.8 Å². The molecule has 2 N–H and O–H groups in total. The number of halogens is 2. The monoisotopic (exact) mass is 447 g/mol. The number of hydrogen-bond acceptors (Lipinski definition) is 7. The average Bonchev–Trinajstić information content (AvgIpc) is 2.68. The van der Waals surface area contributed by atoms with Gasteiger partial charge >= 0.3 is 5.69 Å². The van der Waals surface area contributed by atoms with Crippen LogP contribution in [0.25, 0.3) is 0 Å². The average molecular weight is 448 g/mol. The minimum absolute atomic E-state index is 0.00959. The van der Waals surface area contributed by atoms with E-state index in [-0.39, 0.29) is 17.3 Å². The summed E-state index contributed by atoms with van der Waals surface area (Å²) in [5.41, 5.74) is 0.780. The Morgan fingerprint density at radius 2 is 1.60 bits per heavy atom. The zero-order valence-corrected chi connectivity index (χ0v) is 17.6. The zero-order valence-electron chi connectivity index (χ0n) is 16.1. The zero-order chi connectivity index (χ0) is 21.5. The molecular weight excluding hydrogens is 429 g/mol. The van der Waals surface area contributed by atoms with Gasteiger partial charge in [0, 0.05) is 21.4 Å². The van der Waals surface area contributed by atoms with Crippen LogP contribution in [-0.2, 0) is 0 Å². The fourth-order valence-corrected chi connectivity index (χ4v) is 3.13. The Balaban J connectivity index is 1.83. The topological polar surface area (TPSA) is 102 Å². The van der Waals surface area contributed by atoms with Gasteiger partial charge in [-0.25, -0.2) is 9.97 Å². The number of nitrogens with one attached hydrogen (secondary N) is 2. The molecule has 0 aliphatic heterocycles. The van der Waals surface area contributed by atoms with Crippen LogP contribution in [0, 0.1) is 10.1 Å². The minimum Gasteiger partial charge on any atom is -0.494 e. The van der Waals surface area contributed by atoms with E-state index in [1.165, 1.54) is 6.33 Å². The summed E-state index contributed by atoms with van der Waals surface area (Å²) in [7, 11) is 0. The maximum atomic E-state index is 11.7. The van der Waals surface area contributed by atoms with Gasteiger partial charge in [-0.1, -0.05) is 36.5 Å². The molecule has 0 aliphatic carbocycles. The number of nitrogens with zero attached hydrogens (tertiary/aromatic N) is 3. The Labute approximate surface area is 183 Å². The summed E-state index contributed by atoms with van der Waals surface area (Å²) in [6.07, 6.45) is 3.25. The number of rotatable bonds is 9. The number of nitro groups is 1. The molecule has 0 radical (unpaired) electrons. The van der Waals surface area contributed by atoms with E-state index in [2.05, 4.69) is 27.5 Å². The third-order valence-electron chi connectivity index (χ3n) is 4.01. The van der Waals surface area contributed by atoms with Crippen LogP contribution in [0.4, 0.5) is 28.7 Å². The van der Waals surface area contributed by atoms with E-state index in [0.29, 0.717) is 28.0 Å². The Bertz CT molecular complexity index is 1010. The highest BCUT2D eigenvalue weighted by molar-refractivity contribution is 6.35. The molecule has 0 saturated heterocycles. The van der Waals surface area contributed by atoms with Gasteiger partial charge in [0.15, 0.2) is 0 Å². The molecule has 8 nitrogen and oxygen atoms in total.